The zero-order valence-corrected chi connectivity index (χ0v) is 12.3. The van der Waals surface area contributed by atoms with Gasteiger partial charge in [0.25, 0.3) is 0 Å². The van der Waals surface area contributed by atoms with E-state index in [4.69, 9.17) is 9.47 Å². The summed E-state index contributed by atoms with van der Waals surface area (Å²) in [5.41, 5.74) is 0. The highest BCUT2D eigenvalue weighted by Gasteiger charge is 2.16. The third-order valence-electron chi connectivity index (χ3n) is 2.58. The normalized spacial score (nSPS) is 9.95. The highest BCUT2D eigenvalue weighted by Crippen LogP contribution is 2.02. The number of carbonyl (C=O) groups is 3. The van der Waals surface area contributed by atoms with E-state index in [-0.39, 0.29) is 37.7 Å². The first kappa shape index (κ1) is 18.4. The van der Waals surface area contributed by atoms with E-state index in [1.54, 1.807) is 6.92 Å². The second-order valence-electron chi connectivity index (χ2n) is 4.00. The topological polar surface area (TPSA) is 82.1 Å². The van der Waals surface area contributed by atoms with Gasteiger partial charge >= 0.3 is 11.9 Å². The van der Waals surface area contributed by atoms with Gasteiger partial charge < -0.3 is 19.1 Å². The largest absolute Gasteiger partial charge is 0.469 e. The smallest absolute Gasteiger partial charge is 0.307 e. The number of amides is 1. The van der Waals surface area contributed by atoms with Gasteiger partial charge in [0, 0.05) is 26.6 Å². The van der Waals surface area contributed by atoms with Crippen molar-refractivity contribution in [1.29, 1.82) is 0 Å². The van der Waals surface area contributed by atoms with Crippen molar-refractivity contribution in [2.24, 2.45) is 0 Å². The number of carbonyl (C=O) groups excluding carboxylic acids is 3. The van der Waals surface area contributed by atoms with Crippen molar-refractivity contribution in [2.45, 2.75) is 26.2 Å². The molecule has 0 unspecified atom stereocenters. The lowest BCUT2D eigenvalue weighted by Gasteiger charge is -2.21. The lowest BCUT2D eigenvalue weighted by Crippen LogP contribution is -2.36. The first-order valence-electron chi connectivity index (χ1n) is 6.54. The summed E-state index contributed by atoms with van der Waals surface area (Å²) in [5, 5.41) is 0. The number of esters is 2. The molecule has 20 heavy (non-hydrogen) atoms. The first-order valence-corrected chi connectivity index (χ1v) is 6.54. The molecule has 0 spiro atoms. The summed E-state index contributed by atoms with van der Waals surface area (Å²) in [6, 6.07) is 0. The van der Waals surface area contributed by atoms with Gasteiger partial charge in [0.2, 0.25) is 5.91 Å². The van der Waals surface area contributed by atoms with E-state index in [0.717, 1.165) is 0 Å². The Morgan fingerprint density at radius 3 is 2.20 bits per heavy atom. The van der Waals surface area contributed by atoms with Crippen molar-refractivity contribution in [3.05, 3.63) is 0 Å². The Bertz CT molecular complexity index is 318. The van der Waals surface area contributed by atoms with Crippen molar-refractivity contribution < 1.29 is 28.6 Å². The predicted molar refractivity (Wildman–Crippen MR) is 71.0 cm³/mol. The summed E-state index contributed by atoms with van der Waals surface area (Å²) >= 11 is 0. The fourth-order valence-corrected chi connectivity index (χ4v) is 1.49. The molecule has 1 amide bonds. The summed E-state index contributed by atoms with van der Waals surface area (Å²) < 4.78 is 14.2. The molecular formula is C13H23NO6. The molecule has 0 aliphatic rings. The molecule has 0 rings (SSSR count). The van der Waals surface area contributed by atoms with Crippen LogP contribution in [0.1, 0.15) is 26.2 Å². The van der Waals surface area contributed by atoms with Crippen LogP contribution in [0.15, 0.2) is 0 Å². The van der Waals surface area contributed by atoms with Gasteiger partial charge in [-0.3, -0.25) is 14.4 Å². The number of hydrogen-bond donors (Lipinski definition) is 0. The van der Waals surface area contributed by atoms with Crippen molar-refractivity contribution in [2.75, 3.05) is 40.5 Å². The molecule has 0 aliphatic heterocycles. The molecule has 7 nitrogen and oxygen atoms in total. The number of methoxy groups -OCH3 is 2. The monoisotopic (exact) mass is 289 g/mol. The summed E-state index contributed by atoms with van der Waals surface area (Å²) in [6.45, 7) is 2.99. The summed E-state index contributed by atoms with van der Waals surface area (Å²) in [6.07, 6.45) is 0.212. The number of ether oxygens (including phenoxy) is 3. The number of rotatable bonds is 10. The van der Waals surface area contributed by atoms with Crippen molar-refractivity contribution in [3.8, 4) is 0 Å². The molecule has 0 saturated heterocycles. The van der Waals surface area contributed by atoms with E-state index >= 15 is 0 Å². The summed E-state index contributed by atoms with van der Waals surface area (Å²) in [5.74, 6) is -0.995. The van der Waals surface area contributed by atoms with Crippen LogP contribution < -0.4 is 0 Å². The highest BCUT2D eigenvalue weighted by molar-refractivity contribution is 5.81. The van der Waals surface area contributed by atoms with Gasteiger partial charge in [-0.05, 0) is 6.92 Å². The predicted octanol–water partition coefficient (Wildman–Crippen LogP) is 0.368. The lowest BCUT2D eigenvalue weighted by atomic mass is 10.2. The second kappa shape index (κ2) is 11.2. The average molecular weight is 289 g/mol. The van der Waals surface area contributed by atoms with Gasteiger partial charge in [0.05, 0.1) is 33.2 Å². The number of hydrogen-bond acceptors (Lipinski definition) is 6. The zero-order chi connectivity index (χ0) is 15.4. The molecule has 0 saturated carbocycles. The molecule has 0 aliphatic carbocycles. The standard InChI is InChI=1S/C13H23NO6/c1-4-20-13(17)6-5-11(15)14(9-10-18-2)8-7-12(16)19-3/h4-10H2,1-3H3. The van der Waals surface area contributed by atoms with Crippen LogP contribution >= 0.6 is 0 Å². The number of nitrogens with zero attached hydrogens (tertiary/aromatic N) is 1. The van der Waals surface area contributed by atoms with Crippen LogP contribution in [-0.2, 0) is 28.6 Å². The molecule has 0 heterocycles. The van der Waals surface area contributed by atoms with Crippen LogP contribution in [0.5, 0.6) is 0 Å². The summed E-state index contributed by atoms with van der Waals surface area (Å²) in [4.78, 5) is 35.8. The Balaban J connectivity index is 4.25. The van der Waals surface area contributed by atoms with Gasteiger partial charge in [-0.25, -0.2) is 0 Å². The SMILES string of the molecule is CCOC(=O)CCC(=O)N(CCOC)CCC(=O)OC. The molecule has 0 aromatic rings. The molecule has 116 valence electrons. The quantitative estimate of drug-likeness (QED) is 0.540. The van der Waals surface area contributed by atoms with Gasteiger partial charge in [0.15, 0.2) is 0 Å². The van der Waals surface area contributed by atoms with Gasteiger partial charge in [0.1, 0.15) is 0 Å². The molecular weight excluding hydrogens is 266 g/mol. The van der Waals surface area contributed by atoms with E-state index in [2.05, 4.69) is 4.74 Å². The molecule has 0 fully saturated rings. The maximum Gasteiger partial charge on any atom is 0.307 e. The van der Waals surface area contributed by atoms with Gasteiger partial charge in [-0.2, -0.15) is 0 Å². The van der Waals surface area contributed by atoms with E-state index in [1.165, 1.54) is 19.1 Å². The molecule has 7 heteroatoms. The Kier molecular flexibility index (Phi) is 10.3. The minimum Gasteiger partial charge on any atom is -0.469 e. The molecule has 0 aromatic heterocycles. The van der Waals surface area contributed by atoms with E-state index in [9.17, 15) is 14.4 Å². The van der Waals surface area contributed by atoms with E-state index < -0.39 is 5.97 Å². The lowest BCUT2D eigenvalue weighted by molar-refractivity contribution is -0.146. The van der Waals surface area contributed by atoms with Crippen LogP contribution in [0.4, 0.5) is 0 Å². The Labute approximate surface area is 119 Å². The molecule has 0 N–H and O–H groups in total. The second-order valence-corrected chi connectivity index (χ2v) is 4.00. The average Bonchev–Trinajstić information content (AvgIpc) is 2.44. The van der Waals surface area contributed by atoms with E-state index in [1.807, 2.05) is 0 Å². The molecule has 0 atom stereocenters. The first-order chi connectivity index (χ1) is 9.54. The van der Waals surface area contributed by atoms with Crippen LogP contribution in [0.3, 0.4) is 0 Å². The van der Waals surface area contributed by atoms with Crippen molar-refractivity contribution in [1.82, 2.24) is 4.90 Å². The maximum absolute atomic E-state index is 12.0. The molecule has 0 radical (unpaired) electrons. The van der Waals surface area contributed by atoms with Crippen LogP contribution in [0, 0.1) is 0 Å². The Hall–Kier alpha value is -1.63. The van der Waals surface area contributed by atoms with Gasteiger partial charge in [-0.1, -0.05) is 0 Å². The fourth-order valence-electron chi connectivity index (χ4n) is 1.49. The maximum atomic E-state index is 12.0. The fraction of sp³-hybridized carbons (Fsp3) is 0.769. The van der Waals surface area contributed by atoms with Crippen molar-refractivity contribution in [3.63, 3.8) is 0 Å². The van der Waals surface area contributed by atoms with Gasteiger partial charge in [-0.15, -0.1) is 0 Å². The highest BCUT2D eigenvalue weighted by atomic mass is 16.5. The van der Waals surface area contributed by atoms with E-state index in [0.29, 0.717) is 19.8 Å². The summed E-state index contributed by atoms with van der Waals surface area (Å²) in [7, 11) is 2.83. The minimum atomic E-state index is -0.402. The minimum absolute atomic E-state index is 0.0361. The van der Waals surface area contributed by atoms with Crippen LogP contribution in [0.2, 0.25) is 0 Å². The molecule has 0 aromatic carbocycles. The van der Waals surface area contributed by atoms with Crippen molar-refractivity contribution >= 4 is 17.8 Å². The Morgan fingerprint density at radius 1 is 0.950 bits per heavy atom. The third kappa shape index (κ3) is 8.47. The zero-order valence-electron chi connectivity index (χ0n) is 12.3. The molecule has 0 bridgehead atoms. The van der Waals surface area contributed by atoms with Crippen LogP contribution in [-0.4, -0.2) is 63.3 Å². The third-order valence-corrected chi connectivity index (χ3v) is 2.58. The van der Waals surface area contributed by atoms with Crippen LogP contribution in [0.25, 0.3) is 0 Å². The Morgan fingerprint density at radius 2 is 1.65 bits per heavy atom.